The van der Waals surface area contributed by atoms with Gasteiger partial charge >= 0.3 is 12.0 Å². The number of hydrogen-bond acceptors (Lipinski definition) is 5. The van der Waals surface area contributed by atoms with E-state index >= 15 is 0 Å². The molecule has 160 valence electrons. The van der Waals surface area contributed by atoms with Gasteiger partial charge < -0.3 is 10.1 Å². The van der Waals surface area contributed by atoms with Crippen molar-refractivity contribution in [3.63, 3.8) is 0 Å². The fraction of sp³-hybridized carbons (Fsp3) is 0.364. The minimum atomic E-state index is -0.691. The molecule has 2 rings (SSSR count). The van der Waals surface area contributed by atoms with Crippen LogP contribution in [0.2, 0.25) is 0 Å². The van der Waals surface area contributed by atoms with Crippen LogP contribution >= 0.6 is 0 Å². The summed E-state index contributed by atoms with van der Waals surface area (Å²) in [5.74, 6) is -1.37. The summed E-state index contributed by atoms with van der Waals surface area (Å²) >= 11 is 0. The van der Waals surface area contributed by atoms with Gasteiger partial charge in [-0.15, -0.1) is 0 Å². The predicted molar refractivity (Wildman–Crippen MR) is 114 cm³/mol. The van der Waals surface area contributed by atoms with Crippen LogP contribution in [0.1, 0.15) is 41.4 Å². The summed E-state index contributed by atoms with van der Waals surface area (Å²) in [5.41, 5.74) is 4.86. The van der Waals surface area contributed by atoms with E-state index in [1.165, 1.54) is 11.6 Å². The molecule has 1 aromatic heterocycles. The molecule has 0 fully saturated rings. The minimum Gasteiger partial charge on any atom is -0.452 e. The molecule has 0 radical (unpaired) electrons. The van der Waals surface area contributed by atoms with Crippen molar-refractivity contribution in [3.05, 3.63) is 58.4 Å². The van der Waals surface area contributed by atoms with Crippen molar-refractivity contribution in [2.45, 2.75) is 40.7 Å². The first-order chi connectivity index (χ1) is 14.3. The molecular formula is C22H28N4O4. The topological polar surface area (TPSA) is 102 Å². The number of rotatable bonds is 8. The minimum absolute atomic E-state index is 0.456. The first-order valence-corrected chi connectivity index (χ1v) is 9.82. The summed E-state index contributed by atoms with van der Waals surface area (Å²) in [6.45, 7) is 8.29. The zero-order valence-corrected chi connectivity index (χ0v) is 17.8. The second-order valence-corrected chi connectivity index (χ2v) is 6.97. The van der Waals surface area contributed by atoms with Gasteiger partial charge in [-0.25, -0.2) is 9.59 Å². The number of aryl methyl sites for hydroxylation is 2. The third kappa shape index (κ3) is 6.88. The lowest BCUT2D eigenvalue weighted by molar-refractivity contribution is -0.143. The van der Waals surface area contributed by atoms with Gasteiger partial charge in [-0.3, -0.25) is 14.8 Å². The summed E-state index contributed by atoms with van der Waals surface area (Å²) in [6, 6.07) is 7.63. The molecule has 0 saturated heterocycles. The Bertz CT molecular complexity index is 929. The van der Waals surface area contributed by atoms with Crippen LogP contribution in [0, 0.1) is 20.8 Å². The molecule has 1 aromatic carbocycles. The van der Waals surface area contributed by atoms with Crippen molar-refractivity contribution < 1.29 is 19.1 Å². The van der Waals surface area contributed by atoms with E-state index in [0.29, 0.717) is 13.1 Å². The first-order valence-electron chi connectivity index (χ1n) is 9.82. The number of urea groups is 1. The summed E-state index contributed by atoms with van der Waals surface area (Å²) in [4.78, 5) is 34.9. The van der Waals surface area contributed by atoms with E-state index in [2.05, 4.69) is 40.0 Å². The number of amides is 3. The van der Waals surface area contributed by atoms with Crippen LogP contribution < -0.4 is 10.6 Å². The van der Waals surface area contributed by atoms with Crippen molar-refractivity contribution in [2.75, 3.05) is 13.2 Å². The van der Waals surface area contributed by atoms with Crippen molar-refractivity contribution >= 4 is 24.0 Å². The van der Waals surface area contributed by atoms with Gasteiger partial charge in [0.15, 0.2) is 6.61 Å². The number of benzene rings is 1. The van der Waals surface area contributed by atoms with Crippen molar-refractivity contribution in [3.8, 4) is 0 Å². The number of esters is 1. The number of nitrogens with one attached hydrogen (secondary N) is 2. The summed E-state index contributed by atoms with van der Waals surface area (Å²) in [6.07, 6.45) is 3.62. The number of carbonyl (C=O) groups is 3. The third-order valence-corrected chi connectivity index (χ3v) is 4.41. The van der Waals surface area contributed by atoms with Crippen molar-refractivity contribution in [2.24, 2.45) is 0 Å². The van der Waals surface area contributed by atoms with Gasteiger partial charge in [-0.05, 0) is 38.8 Å². The Hall–Kier alpha value is -3.42. The zero-order valence-electron chi connectivity index (χ0n) is 17.8. The zero-order chi connectivity index (χ0) is 22.1. The fourth-order valence-corrected chi connectivity index (χ4v) is 2.75. The third-order valence-electron chi connectivity index (χ3n) is 4.41. The predicted octanol–water partition coefficient (Wildman–Crippen LogP) is 2.65. The van der Waals surface area contributed by atoms with E-state index in [4.69, 9.17) is 4.74 Å². The van der Waals surface area contributed by atoms with Gasteiger partial charge in [0, 0.05) is 23.9 Å². The second kappa shape index (κ2) is 10.9. The Morgan fingerprint density at radius 1 is 1.13 bits per heavy atom. The fourth-order valence-electron chi connectivity index (χ4n) is 2.75. The number of carbonyl (C=O) groups excluding carboxylic acids is 3. The summed E-state index contributed by atoms with van der Waals surface area (Å²) < 4.78 is 6.76. The molecule has 0 aliphatic carbocycles. The highest BCUT2D eigenvalue weighted by atomic mass is 16.5. The van der Waals surface area contributed by atoms with Crippen LogP contribution in [0.3, 0.4) is 0 Å². The Morgan fingerprint density at radius 2 is 1.83 bits per heavy atom. The van der Waals surface area contributed by atoms with E-state index in [0.717, 1.165) is 28.9 Å². The van der Waals surface area contributed by atoms with Gasteiger partial charge in [0.2, 0.25) is 0 Å². The molecule has 2 N–H and O–H groups in total. The molecule has 0 atom stereocenters. The Balaban J connectivity index is 1.91. The average molecular weight is 412 g/mol. The number of aromatic nitrogens is 2. The summed E-state index contributed by atoms with van der Waals surface area (Å²) in [5, 5.41) is 9.13. The molecule has 1 heterocycles. The van der Waals surface area contributed by atoms with Crippen LogP contribution in [0.15, 0.2) is 30.3 Å². The molecule has 0 unspecified atom stereocenters. The van der Waals surface area contributed by atoms with Crippen LogP contribution in [-0.2, 0) is 20.9 Å². The molecule has 8 nitrogen and oxygen atoms in total. The van der Waals surface area contributed by atoms with Crippen molar-refractivity contribution in [1.29, 1.82) is 0 Å². The molecule has 3 amide bonds. The van der Waals surface area contributed by atoms with E-state index in [-0.39, 0.29) is 0 Å². The van der Waals surface area contributed by atoms with E-state index in [1.807, 2.05) is 32.4 Å². The smallest absolute Gasteiger partial charge is 0.331 e. The number of hydrogen-bond donors (Lipinski definition) is 2. The molecule has 2 aromatic rings. The van der Waals surface area contributed by atoms with Crippen LogP contribution in [0.5, 0.6) is 0 Å². The Morgan fingerprint density at radius 3 is 2.50 bits per heavy atom. The number of imide groups is 1. The first kappa shape index (κ1) is 22.9. The molecule has 8 heteroatoms. The highest BCUT2D eigenvalue weighted by Gasteiger charge is 2.12. The Kier molecular flexibility index (Phi) is 8.34. The molecule has 0 aliphatic rings. The Labute approximate surface area is 176 Å². The van der Waals surface area contributed by atoms with E-state index < -0.39 is 24.5 Å². The molecule has 0 saturated carbocycles. The lowest BCUT2D eigenvalue weighted by Crippen LogP contribution is -2.41. The normalized spacial score (nSPS) is 10.8. The highest BCUT2D eigenvalue weighted by Crippen LogP contribution is 2.17. The van der Waals surface area contributed by atoms with Gasteiger partial charge in [-0.1, -0.05) is 36.8 Å². The maximum absolute atomic E-state index is 11.9. The largest absolute Gasteiger partial charge is 0.452 e. The number of ether oxygens (including phenoxy) is 1. The van der Waals surface area contributed by atoms with Crippen LogP contribution in [0.25, 0.3) is 6.08 Å². The van der Waals surface area contributed by atoms with Gasteiger partial charge in [0.05, 0.1) is 12.2 Å². The molecule has 0 bridgehead atoms. The lowest BCUT2D eigenvalue weighted by Gasteiger charge is -2.06. The maximum atomic E-state index is 11.9. The molecule has 0 spiro atoms. The SMILES string of the molecule is CCCNC(=O)NC(=O)COC(=O)C=Cc1c(C)nn(Cc2ccc(C)cc2)c1C. The maximum Gasteiger partial charge on any atom is 0.331 e. The molecular weight excluding hydrogens is 384 g/mol. The van der Waals surface area contributed by atoms with Gasteiger partial charge in [0.25, 0.3) is 5.91 Å². The van der Waals surface area contributed by atoms with Crippen LogP contribution in [-0.4, -0.2) is 40.8 Å². The lowest BCUT2D eigenvalue weighted by atomic mass is 10.1. The average Bonchev–Trinajstić information content (AvgIpc) is 2.97. The van der Waals surface area contributed by atoms with Gasteiger partial charge in [0.1, 0.15) is 0 Å². The second-order valence-electron chi connectivity index (χ2n) is 6.97. The monoisotopic (exact) mass is 412 g/mol. The standard InChI is InChI=1S/C22H28N4O4/c1-5-12-23-22(29)24-20(27)14-30-21(28)11-10-19-16(3)25-26(17(19)4)13-18-8-6-15(2)7-9-18/h6-11H,5,12-14H2,1-4H3,(H2,23,24,27,29). The highest BCUT2D eigenvalue weighted by molar-refractivity contribution is 5.96. The van der Waals surface area contributed by atoms with E-state index in [9.17, 15) is 14.4 Å². The number of nitrogens with zero attached hydrogens (tertiary/aromatic N) is 2. The van der Waals surface area contributed by atoms with Crippen LogP contribution in [0.4, 0.5) is 4.79 Å². The quantitative estimate of drug-likeness (QED) is 0.513. The molecule has 30 heavy (non-hydrogen) atoms. The van der Waals surface area contributed by atoms with Gasteiger partial charge in [-0.2, -0.15) is 5.10 Å². The van der Waals surface area contributed by atoms with Crippen molar-refractivity contribution in [1.82, 2.24) is 20.4 Å². The summed E-state index contributed by atoms with van der Waals surface area (Å²) in [7, 11) is 0. The molecule has 0 aliphatic heterocycles. The van der Waals surface area contributed by atoms with E-state index in [1.54, 1.807) is 6.08 Å².